The molecule has 0 aliphatic heterocycles. The predicted octanol–water partition coefficient (Wildman–Crippen LogP) is 2.29. The summed E-state index contributed by atoms with van der Waals surface area (Å²) in [5.41, 5.74) is 1.92. The van der Waals surface area contributed by atoms with E-state index in [-0.39, 0.29) is 0 Å². The van der Waals surface area contributed by atoms with Gasteiger partial charge in [0, 0.05) is 12.3 Å². The van der Waals surface area contributed by atoms with Gasteiger partial charge in [0.25, 0.3) is 0 Å². The molecule has 0 amide bonds. The van der Waals surface area contributed by atoms with Crippen molar-refractivity contribution in [3.8, 4) is 29.0 Å². The van der Waals surface area contributed by atoms with Crippen molar-refractivity contribution in [3.05, 3.63) is 42.1 Å². The minimum Gasteiger partial charge on any atom is -0.493 e. The van der Waals surface area contributed by atoms with Gasteiger partial charge in [-0.15, -0.1) is 10.2 Å². The molecule has 0 atom stereocenters. The largest absolute Gasteiger partial charge is 0.493 e. The molecule has 0 saturated carbocycles. The molecular formula is C15H12N4O2. The van der Waals surface area contributed by atoms with Gasteiger partial charge in [-0.2, -0.15) is 5.26 Å². The van der Waals surface area contributed by atoms with Crippen molar-refractivity contribution in [1.29, 1.82) is 5.26 Å². The zero-order valence-electron chi connectivity index (χ0n) is 11.6. The summed E-state index contributed by atoms with van der Waals surface area (Å²) >= 11 is 0. The number of aromatic nitrogens is 3. The highest BCUT2D eigenvalue weighted by molar-refractivity contribution is 5.70. The van der Waals surface area contributed by atoms with Crippen LogP contribution in [0.4, 0.5) is 0 Å². The maximum absolute atomic E-state index is 8.93. The molecule has 0 spiro atoms. The van der Waals surface area contributed by atoms with E-state index in [1.54, 1.807) is 36.9 Å². The van der Waals surface area contributed by atoms with Crippen molar-refractivity contribution < 1.29 is 9.47 Å². The molecule has 21 heavy (non-hydrogen) atoms. The summed E-state index contributed by atoms with van der Waals surface area (Å²) in [5, 5.41) is 17.2. The van der Waals surface area contributed by atoms with Gasteiger partial charge in [0.1, 0.15) is 0 Å². The average molecular weight is 280 g/mol. The van der Waals surface area contributed by atoms with Gasteiger partial charge in [-0.1, -0.05) is 6.07 Å². The van der Waals surface area contributed by atoms with Crippen LogP contribution in [0, 0.1) is 11.3 Å². The Morgan fingerprint density at radius 3 is 2.71 bits per heavy atom. The van der Waals surface area contributed by atoms with E-state index >= 15 is 0 Å². The van der Waals surface area contributed by atoms with E-state index in [4.69, 9.17) is 14.7 Å². The lowest BCUT2D eigenvalue weighted by atomic mass is 10.1. The molecule has 6 heteroatoms. The zero-order valence-corrected chi connectivity index (χ0v) is 11.6. The van der Waals surface area contributed by atoms with Gasteiger partial charge in [-0.05, 0) is 18.2 Å². The lowest BCUT2D eigenvalue weighted by molar-refractivity contribution is 0.356. The molecule has 2 aromatic heterocycles. The molecule has 0 aliphatic rings. The maximum atomic E-state index is 8.93. The third-order valence-corrected chi connectivity index (χ3v) is 3.18. The first-order chi connectivity index (χ1) is 10.3. The Morgan fingerprint density at radius 1 is 1.14 bits per heavy atom. The molecule has 2 heterocycles. The van der Waals surface area contributed by atoms with E-state index in [1.807, 2.05) is 18.2 Å². The molecule has 0 bridgehead atoms. The minimum absolute atomic E-state index is 0.541. The molecule has 1 aromatic carbocycles. The minimum atomic E-state index is 0.541. The van der Waals surface area contributed by atoms with Crippen molar-refractivity contribution in [3.63, 3.8) is 0 Å². The van der Waals surface area contributed by atoms with Gasteiger partial charge in [-0.3, -0.25) is 4.40 Å². The van der Waals surface area contributed by atoms with Crippen molar-refractivity contribution in [2.24, 2.45) is 0 Å². The molecule has 0 aliphatic carbocycles. The molecule has 0 saturated heterocycles. The Kier molecular flexibility index (Phi) is 3.16. The Hall–Kier alpha value is -3.07. The number of pyridine rings is 1. The molecule has 0 fully saturated rings. The lowest BCUT2D eigenvalue weighted by Gasteiger charge is -2.11. The third-order valence-electron chi connectivity index (χ3n) is 3.18. The topological polar surface area (TPSA) is 72.4 Å². The standard InChI is InChI=1S/C15H12N4O2/c1-20-12-5-3-4-11(14(12)21-2)15-18-17-13-8-10(9-16)6-7-19(13)15/h3-8H,1-2H3. The number of ether oxygens (including phenoxy) is 2. The third kappa shape index (κ3) is 2.05. The van der Waals surface area contributed by atoms with Crippen LogP contribution in [0.1, 0.15) is 5.56 Å². The Bertz CT molecular complexity index is 848. The van der Waals surface area contributed by atoms with E-state index in [0.29, 0.717) is 28.5 Å². The first kappa shape index (κ1) is 12.9. The number of hydrogen-bond acceptors (Lipinski definition) is 5. The van der Waals surface area contributed by atoms with Gasteiger partial charge >= 0.3 is 0 Å². The van der Waals surface area contributed by atoms with E-state index < -0.39 is 0 Å². The molecule has 104 valence electrons. The number of hydrogen-bond donors (Lipinski definition) is 0. The summed E-state index contributed by atoms with van der Waals surface area (Å²) in [4.78, 5) is 0. The van der Waals surface area contributed by atoms with Crippen LogP contribution >= 0.6 is 0 Å². The van der Waals surface area contributed by atoms with Crippen LogP contribution in [0.25, 0.3) is 17.0 Å². The van der Waals surface area contributed by atoms with Crippen LogP contribution in [-0.2, 0) is 0 Å². The van der Waals surface area contributed by atoms with Crippen LogP contribution in [-0.4, -0.2) is 28.8 Å². The number of nitrogens with zero attached hydrogens (tertiary/aromatic N) is 4. The second-order valence-corrected chi connectivity index (χ2v) is 4.32. The van der Waals surface area contributed by atoms with Crippen LogP contribution in [0.2, 0.25) is 0 Å². The Morgan fingerprint density at radius 2 is 2.00 bits per heavy atom. The highest BCUT2D eigenvalue weighted by atomic mass is 16.5. The molecule has 3 aromatic rings. The Balaban J connectivity index is 2.24. The maximum Gasteiger partial charge on any atom is 0.172 e. The fourth-order valence-electron chi connectivity index (χ4n) is 2.21. The van der Waals surface area contributed by atoms with Crippen molar-refractivity contribution in [2.45, 2.75) is 0 Å². The average Bonchev–Trinajstić information content (AvgIpc) is 2.96. The number of nitriles is 1. The first-order valence-electron chi connectivity index (χ1n) is 6.24. The van der Waals surface area contributed by atoms with E-state index in [1.165, 1.54) is 0 Å². The first-order valence-corrected chi connectivity index (χ1v) is 6.24. The normalized spacial score (nSPS) is 10.3. The van der Waals surface area contributed by atoms with Crippen molar-refractivity contribution in [2.75, 3.05) is 14.2 Å². The fraction of sp³-hybridized carbons (Fsp3) is 0.133. The van der Waals surface area contributed by atoms with Crippen LogP contribution in [0.3, 0.4) is 0 Å². The monoisotopic (exact) mass is 280 g/mol. The van der Waals surface area contributed by atoms with Crippen LogP contribution < -0.4 is 9.47 Å². The van der Waals surface area contributed by atoms with Crippen molar-refractivity contribution in [1.82, 2.24) is 14.6 Å². The molecular weight excluding hydrogens is 268 g/mol. The predicted molar refractivity (Wildman–Crippen MR) is 76.2 cm³/mol. The fourth-order valence-corrected chi connectivity index (χ4v) is 2.21. The van der Waals surface area contributed by atoms with Gasteiger partial charge in [0.15, 0.2) is 23.0 Å². The highest BCUT2D eigenvalue weighted by Crippen LogP contribution is 2.36. The summed E-state index contributed by atoms with van der Waals surface area (Å²) in [6.07, 6.45) is 1.77. The smallest absolute Gasteiger partial charge is 0.172 e. The van der Waals surface area contributed by atoms with Crippen LogP contribution in [0.15, 0.2) is 36.5 Å². The van der Waals surface area contributed by atoms with Gasteiger partial charge < -0.3 is 9.47 Å². The summed E-state index contributed by atoms with van der Waals surface area (Å²) in [5.74, 6) is 1.85. The second kappa shape index (κ2) is 5.13. The summed E-state index contributed by atoms with van der Waals surface area (Å²) in [7, 11) is 3.17. The lowest BCUT2D eigenvalue weighted by Crippen LogP contribution is -1.96. The number of benzene rings is 1. The molecule has 0 N–H and O–H groups in total. The number of methoxy groups -OCH3 is 2. The molecule has 0 radical (unpaired) electrons. The van der Waals surface area contributed by atoms with Crippen molar-refractivity contribution >= 4 is 5.65 Å². The summed E-state index contributed by atoms with van der Waals surface area (Å²) in [6, 6.07) is 11.0. The molecule has 3 rings (SSSR count). The van der Waals surface area contributed by atoms with E-state index in [0.717, 1.165) is 5.56 Å². The highest BCUT2D eigenvalue weighted by Gasteiger charge is 2.16. The molecule has 6 nitrogen and oxygen atoms in total. The number of rotatable bonds is 3. The molecule has 0 unspecified atom stereocenters. The van der Waals surface area contributed by atoms with Gasteiger partial charge in [0.2, 0.25) is 0 Å². The SMILES string of the molecule is COc1cccc(-c2nnc3cc(C#N)ccn23)c1OC. The Labute approximate surface area is 121 Å². The van der Waals surface area contributed by atoms with E-state index in [2.05, 4.69) is 16.3 Å². The second-order valence-electron chi connectivity index (χ2n) is 4.32. The van der Waals surface area contributed by atoms with E-state index in [9.17, 15) is 0 Å². The summed E-state index contributed by atoms with van der Waals surface area (Å²) in [6.45, 7) is 0. The van der Waals surface area contributed by atoms with Gasteiger partial charge in [-0.25, -0.2) is 0 Å². The van der Waals surface area contributed by atoms with Gasteiger partial charge in [0.05, 0.1) is 31.4 Å². The summed E-state index contributed by atoms with van der Waals surface area (Å²) < 4.78 is 12.5. The quantitative estimate of drug-likeness (QED) is 0.736. The number of fused-ring (bicyclic) bond motifs is 1. The van der Waals surface area contributed by atoms with Crippen LogP contribution in [0.5, 0.6) is 11.5 Å². The zero-order chi connectivity index (χ0) is 14.8. The number of para-hydroxylation sites is 1.